The number of aryl methyl sites for hydroxylation is 1. The van der Waals surface area contributed by atoms with Crippen molar-refractivity contribution >= 4 is 15.7 Å². The summed E-state index contributed by atoms with van der Waals surface area (Å²) in [5.74, 6) is 0.578. The van der Waals surface area contributed by atoms with E-state index in [4.69, 9.17) is 4.74 Å². The van der Waals surface area contributed by atoms with Crippen LogP contribution in [0.25, 0.3) is 0 Å². The van der Waals surface area contributed by atoms with E-state index in [1.807, 2.05) is 0 Å². The molecule has 2 rings (SSSR count). The van der Waals surface area contributed by atoms with Crippen LogP contribution in [0.3, 0.4) is 0 Å². The monoisotopic (exact) mass is 242 g/mol. The van der Waals surface area contributed by atoms with Crippen LogP contribution in [0.5, 0.6) is 5.75 Å². The molecule has 0 atom stereocenters. The Balaban J connectivity index is 2.52. The van der Waals surface area contributed by atoms with E-state index in [2.05, 4.69) is 4.98 Å². The molecule has 5 nitrogen and oxygen atoms in total. The number of fused-ring (bicyclic) bond motifs is 1. The van der Waals surface area contributed by atoms with Crippen molar-refractivity contribution in [2.75, 3.05) is 24.2 Å². The molecule has 0 saturated carbocycles. The van der Waals surface area contributed by atoms with Gasteiger partial charge in [-0.1, -0.05) is 0 Å². The Labute approximate surface area is 95.1 Å². The lowest BCUT2D eigenvalue weighted by Crippen LogP contribution is -2.34. The van der Waals surface area contributed by atoms with Crippen molar-refractivity contribution in [2.45, 2.75) is 12.8 Å². The second-order valence-electron chi connectivity index (χ2n) is 3.78. The number of nitrogens with zero attached hydrogens (tertiary/aromatic N) is 2. The summed E-state index contributed by atoms with van der Waals surface area (Å²) in [6.07, 6.45) is 4.44. The van der Waals surface area contributed by atoms with E-state index in [9.17, 15) is 8.42 Å². The molecular formula is C10H14N2O3S. The lowest BCUT2D eigenvalue weighted by molar-refractivity contribution is 0.412. The highest BCUT2D eigenvalue weighted by atomic mass is 32.2. The molecule has 1 aliphatic rings. The van der Waals surface area contributed by atoms with Crippen LogP contribution in [0.1, 0.15) is 12.1 Å². The van der Waals surface area contributed by atoms with Gasteiger partial charge in [0.05, 0.1) is 30.9 Å². The van der Waals surface area contributed by atoms with Crippen molar-refractivity contribution in [3.63, 3.8) is 0 Å². The van der Waals surface area contributed by atoms with Crippen molar-refractivity contribution in [1.29, 1.82) is 0 Å². The summed E-state index contributed by atoms with van der Waals surface area (Å²) in [6, 6.07) is 1.72. The molecule has 0 radical (unpaired) electrons. The Morgan fingerprint density at radius 2 is 2.25 bits per heavy atom. The highest BCUT2D eigenvalue weighted by Gasteiger charge is 2.25. The number of anilines is 1. The Morgan fingerprint density at radius 1 is 1.50 bits per heavy atom. The van der Waals surface area contributed by atoms with Gasteiger partial charge in [-0.2, -0.15) is 0 Å². The summed E-state index contributed by atoms with van der Waals surface area (Å²) in [5, 5.41) is 0. The van der Waals surface area contributed by atoms with Crippen LogP contribution in [0, 0.1) is 0 Å². The molecule has 0 saturated heterocycles. The summed E-state index contributed by atoms with van der Waals surface area (Å²) in [4.78, 5) is 4.22. The Hall–Kier alpha value is -1.30. The molecule has 1 aliphatic heterocycles. The first kappa shape index (κ1) is 11.2. The number of hydrogen-bond donors (Lipinski definition) is 0. The first-order valence-electron chi connectivity index (χ1n) is 5.03. The van der Waals surface area contributed by atoms with Crippen molar-refractivity contribution in [3.05, 3.63) is 18.0 Å². The van der Waals surface area contributed by atoms with E-state index in [1.165, 1.54) is 17.7 Å². The minimum absolute atomic E-state index is 0.515. The third kappa shape index (κ3) is 1.97. The highest BCUT2D eigenvalue weighted by molar-refractivity contribution is 7.92. The Kier molecular flexibility index (Phi) is 2.75. The Bertz CT molecular complexity index is 499. The predicted molar refractivity (Wildman–Crippen MR) is 61.3 cm³/mol. The minimum Gasteiger partial charge on any atom is -0.495 e. The maximum Gasteiger partial charge on any atom is 0.232 e. The van der Waals surface area contributed by atoms with Gasteiger partial charge in [-0.25, -0.2) is 8.42 Å². The fraction of sp³-hybridized carbons (Fsp3) is 0.500. The van der Waals surface area contributed by atoms with Crippen molar-refractivity contribution in [2.24, 2.45) is 0 Å². The molecule has 0 bridgehead atoms. The number of hydrogen-bond acceptors (Lipinski definition) is 4. The third-order valence-electron chi connectivity index (χ3n) is 2.60. The summed E-state index contributed by atoms with van der Waals surface area (Å²) >= 11 is 0. The van der Waals surface area contributed by atoms with Crippen LogP contribution >= 0.6 is 0 Å². The van der Waals surface area contributed by atoms with E-state index in [0.29, 0.717) is 18.0 Å². The predicted octanol–water partition coefficient (Wildman–Crippen LogP) is 0.802. The van der Waals surface area contributed by atoms with Crippen LogP contribution in [-0.2, 0) is 16.4 Å². The van der Waals surface area contributed by atoms with E-state index >= 15 is 0 Å². The molecule has 0 aliphatic carbocycles. The average Bonchev–Trinajstić information content (AvgIpc) is 2.26. The molecule has 0 aromatic carbocycles. The van der Waals surface area contributed by atoms with Gasteiger partial charge in [0, 0.05) is 12.6 Å². The summed E-state index contributed by atoms with van der Waals surface area (Å²) in [7, 11) is -1.69. The summed E-state index contributed by atoms with van der Waals surface area (Å²) in [5.41, 5.74) is 1.46. The summed E-state index contributed by atoms with van der Waals surface area (Å²) < 4.78 is 29.7. The fourth-order valence-electron chi connectivity index (χ4n) is 1.84. The smallest absolute Gasteiger partial charge is 0.232 e. The molecular weight excluding hydrogens is 228 g/mol. The molecule has 1 aromatic rings. The highest BCUT2D eigenvalue weighted by Crippen LogP contribution is 2.30. The van der Waals surface area contributed by atoms with E-state index in [-0.39, 0.29) is 0 Å². The minimum atomic E-state index is -3.23. The fourth-order valence-corrected chi connectivity index (χ4v) is 2.81. The van der Waals surface area contributed by atoms with E-state index < -0.39 is 10.0 Å². The molecule has 1 aromatic heterocycles. The molecule has 0 spiro atoms. The number of sulfonamides is 1. The number of ether oxygens (including phenoxy) is 1. The van der Waals surface area contributed by atoms with Crippen molar-refractivity contribution < 1.29 is 13.2 Å². The van der Waals surface area contributed by atoms with Crippen molar-refractivity contribution in [1.82, 2.24) is 4.98 Å². The van der Waals surface area contributed by atoms with Crippen LogP contribution in [0.15, 0.2) is 12.3 Å². The zero-order chi connectivity index (χ0) is 11.8. The van der Waals surface area contributed by atoms with Gasteiger partial charge in [-0.3, -0.25) is 9.29 Å². The topological polar surface area (TPSA) is 59.5 Å². The third-order valence-corrected chi connectivity index (χ3v) is 3.78. The maximum atomic E-state index is 11.6. The molecule has 0 N–H and O–H groups in total. The van der Waals surface area contributed by atoms with Crippen LogP contribution in [-0.4, -0.2) is 33.3 Å². The molecule has 2 heterocycles. The van der Waals surface area contributed by atoms with Crippen LogP contribution in [0.2, 0.25) is 0 Å². The molecule has 0 amide bonds. The number of pyridine rings is 1. The zero-order valence-corrected chi connectivity index (χ0v) is 10.1. The van der Waals surface area contributed by atoms with Gasteiger partial charge in [-0.05, 0) is 12.8 Å². The summed E-state index contributed by atoms with van der Waals surface area (Å²) in [6.45, 7) is 0.515. The SMILES string of the molecule is COc1cnc2c(c1)N(S(C)(=O)=O)CCC2. The number of methoxy groups -OCH3 is 1. The van der Waals surface area contributed by atoms with Gasteiger partial charge in [0.2, 0.25) is 10.0 Å². The van der Waals surface area contributed by atoms with Crippen LogP contribution in [0.4, 0.5) is 5.69 Å². The van der Waals surface area contributed by atoms with Gasteiger partial charge < -0.3 is 4.74 Å². The zero-order valence-electron chi connectivity index (χ0n) is 9.30. The van der Waals surface area contributed by atoms with Gasteiger partial charge in [0.1, 0.15) is 5.75 Å². The standard InChI is InChI=1S/C10H14N2O3S/c1-15-8-6-10-9(11-7-8)4-3-5-12(10)16(2,13)14/h6-7H,3-5H2,1-2H3. The quantitative estimate of drug-likeness (QED) is 0.769. The maximum absolute atomic E-state index is 11.6. The second kappa shape index (κ2) is 3.93. The van der Waals surface area contributed by atoms with E-state index in [1.54, 1.807) is 12.3 Å². The lowest BCUT2D eigenvalue weighted by Gasteiger charge is -2.28. The first-order chi connectivity index (χ1) is 7.52. The van der Waals surface area contributed by atoms with Crippen LogP contribution < -0.4 is 9.04 Å². The van der Waals surface area contributed by atoms with Crippen molar-refractivity contribution in [3.8, 4) is 5.75 Å². The van der Waals surface area contributed by atoms with E-state index in [0.717, 1.165) is 18.5 Å². The molecule has 16 heavy (non-hydrogen) atoms. The molecule has 6 heteroatoms. The average molecular weight is 242 g/mol. The molecule has 0 fully saturated rings. The molecule has 0 unspecified atom stereocenters. The number of rotatable bonds is 2. The normalized spacial score (nSPS) is 15.8. The Morgan fingerprint density at radius 3 is 2.88 bits per heavy atom. The van der Waals surface area contributed by atoms with Gasteiger partial charge in [0.15, 0.2) is 0 Å². The van der Waals surface area contributed by atoms with Gasteiger partial charge in [-0.15, -0.1) is 0 Å². The lowest BCUT2D eigenvalue weighted by atomic mass is 10.1. The van der Waals surface area contributed by atoms with Gasteiger partial charge >= 0.3 is 0 Å². The first-order valence-corrected chi connectivity index (χ1v) is 6.88. The van der Waals surface area contributed by atoms with Gasteiger partial charge in [0.25, 0.3) is 0 Å². The second-order valence-corrected chi connectivity index (χ2v) is 5.69. The molecule has 88 valence electrons. The largest absolute Gasteiger partial charge is 0.495 e. The number of aromatic nitrogens is 1.